The van der Waals surface area contributed by atoms with Crippen LogP contribution in [0, 0.1) is 17.3 Å². The molecule has 2 aliphatic heterocycles. The minimum Gasteiger partial charge on any atom is -0.384 e. The standard InChI is InChI=1S/C16H30N2O2/c1-15(2)14-13(5-4-8-20-14)16(15,17)11-18-7-6-12(9-18)10-19-3/h12-14H,4-11,17H2,1-3H3. The van der Waals surface area contributed by atoms with Crippen molar-refractivity contribution in [3.63, 3.8) is 0 Å². The summed E-state index contributed by atoms with van der Waals surface area (Å²) in [6.07, 6.45) is 4.02. The third-order valence-corrected chi connectivity index (χ3v) is 6.15. The Hall–Kier alpha value is -0.160. The average molecular weight is 282 g/mol. The molecule has 4 heteroatoms. The van der Waals surface area contributed by atoms with Crippen molar-refractivity contribution in [1.29, 1.82) is 0 Å². The van der Waals surface area contributed by atoms with E-state index in [2.05, 4.69) is 18.7 Å². The van der Waals surface area contributed by atoms with E-state index in [9.17, 15) is 0 Å². The third kappa shape index (κ3) is 2.12. The first kappa shape index (κ1) is 14.8. The van der Waals surface area contributed by atoms with Gasteiger partial charge < -0.3 is 20.1 Å². The van der Waals surface area contributed by atoms with Gasteiger partial charge in [0.1, 0.15) is 0 Å². The Morgan fingerprint density at radius 1 is 1.35 bits per heavy atom. The van der Waals surface area contributed by atoms with Crippen LogP contribution < -0.4 is 5.73 Å². The fraction of sp³-hybridized carbons (Fsp3) is 1.00. The lowest BCUT2D eigenvalue weighted by Crippen LogP contribution is -2.80. The van der Waals surface area contributed by atoms with Crippen molar-refractivity contribution in [2.24, 2.45) is 23.0 Å². The van der Waals surface area contributed by atoms with E-state index in [0.29, 0.717) is 17.9 Å². The van der Waals surface area contributed by atoms with Crippen molar-refractivity contribution >= 4 is 0 Å². The summed E-state index contributed by atoms with van der Waals surface area (Å²) in [5.74, 6) is 1.23. The maximum absolute atomic E-state index is 6.88. The van der Waals surface area contributed by atoms with Gasteiger partial charge in [0, 0.05) is 43.7 Å². The van der Waals surface area contributed by atoms with E-state index in [1.165, 1.54) is 25.8 Å². The van der Waals surface area contributed by atoms with Crippen molar-refractivity contribution in [1.82, 2.24) is 4.90 Å². The Balaban J connectivity index is 1.64. The monoisotopic (exact) mass is 282 g/mol. The first-order chi connectivity index (χ1) is 9.49. The van der Waals surface area contributed by atoms with E-state index >= 15 is 0 Å². The molecule has 3 aliphatic rings. The molecule has 20 heavy (non-hydrogen) atoms. The van der Waals surface area contributed by atoms with Gasteiger partial charge in [0.05, 0.1) is 12.7 Å². The maximum atomic E-state index is 6.88. The van der Waals surface area contributed by atoms with Gasteiger partial charge in [-0.3, -0.25) is 0 Å². The second-order valence-electron chi connectivity index (χ2n) is 7.65. The topological polar surface area (TPSA) is 47.7 Å². The van der Waals surface area contributed by atoms with Crippen LogP contribution in [0.3, 0.4) is 0 Å². The first-order valence-electron chi connectivity index (χ1n) is 8.11. The quantitative estimate of drug-likeness (QED) is 0.848. The molecule has 0 spiro atoms. The molecule has 4 nitrogen and oxygen atoms in total. The number of likely N-dealkylation sites (tertiary alicyclic amines) is 1. The predicted molar refractivity (Wildman–Crippen MR) is 79.6 cm³/mol. The smallest absolute Gasteiger partial charge is 0.0690 e. The number of ether oxygens (including phenoxy) is 2. The van der Waals surface area contributed by atoms with Gasteiger partial charge >= 0.3 is 0 Å². The van der Waals surface area contributed by atoms with Gasteiger partial charge in [-0.2, -0.15) is 0 Å². The van der Waals surface area contributed by atoms with Crippen molar-refractivity contribution in [2.75, 3.05) is 40.0 Å². The highest BCUT2D eigenvalue weighted by Crippen LogP contribution is 2.57. The van der Waals surface area contributed by atoms with Crippen LogP contribution >= 0.6 is 0 Å². The molecule has 0 radical (unpaired) electrons. The lowest BCUT2D eigenvalue weighted by Gasteiger charge is -2.67. The predicted octanol–water partition coefficient (Wildman–Crippen LogP) is 1.49. The average Bonchev–Trinajstić information content (AvgIpc) is 2.86. The van der Waals surface area contributed by atoms with Crippen LogP contribution in [-0.2, 0) is 9.47 Å². The fourth-order valence-electron chi connectivity index (χ4n) is 4.79. The van der Waals surface area contributed by atoms with E-state index in [1.54, 1.807) is 7.11 Å². The summed E-state index contributed by atoms with van der Waals surface area (Å²) in [5.41, 5.74) is 6.89. The van der Waals surface area contributed by atoms with Crippen LogP contribution in [0.2, 0.25) is 0 Å². The summed E-state index contributed by atoms with van der Waals surface area (Å²) in [4.78, 5) is 2.55. The van der Waals surface area contributed by atoms with Gasteiger partial charge in [0.2, 0.25) is 0 Å². The number of fused-ring (bicyclic) bond motifs is 1. The Labute approximate surface area is 123 Å². The Bertz CT molecular complexity index is 360. The molecule has 3 rings (SSSR count). The minimum atomic E-state index is -0.0833. The van der Waals surface area contributed by atoms with E-state index in [1.807, 2.05) is 0 Å². The first-order valence-corrected chi connectivity index (χ1v) is 8.11. The highest BCUT2D eigenvalue weighted by molar-refractivity contribution is 5.21. The summed E-state index contributed by atoms with van der Waals surface area (Å²) in [6, 6.07) is 0. The molecule has 0 aromatic heterocycles. The molecule has 0 bridgehead atoms. The minimum absolute atomic E-state index is 0.0833. The zero-order valence-corrected chi connectivity index (χ0v) is 13.2. The van der Waals surface area contributed by atoms with Crippen LogP contribution in [0.1, 0.15) is 33.1 Å². The van der Waals surface area contributed by atoms with Crippen LogP contribution in [0.5, 0.6) is 0 Å². The summed E-state index contributed by atoms with van der Waals surface area (Å²) < 4.78 is 11.3. The molecule has 116 valence electrons. The van der Waals surface area contributed by atoms with Crippen molar-refractivity contribution in [2.45, 2.75) is 44.8 Å². The second-order valence-corrected chi connectivity index (χ2v) is 7.65. The molecule has 4 unspecified atom stereocenters. The largest absolute Gasteiger partial charge is 0.384 e. The van der Waals surface area contributed by atoms with E-state index in [-0.39, 0.29) is 11.0 Å². The highest BCUT2D eigenvalue weighted by atomic mass is 16.5. The lowest BCUT2D eigenvalue weighted by atomic mass is 9.46. The molecular formula is C16H30N2O2. The maximum Gasteiger partial charge on any atom is 0.0690 e. The zero-order chi connectivity index (χ0) is 14.4. The molecule has 0 amide bonds. The number of methoxy groups -OCH3 is 1. The summed E-state index contributed by atoms with van der Waals surface area (Å²) in [6.45, 7) is 9.71. The Morgan fingerprint density at radius 3 is 2.90 bits per heavy atom. The molecule has 2 saturated heterocycles. The molecule has 4 atom stereocenters. The van der Waals surface area contributed by atoms with Gasteiger partial charge in [-0.1, -0.05) is 13.8 Å². The third-order valence-electron chi connectivity index (χ3n) is 6.15. The number of hydrogen-bond acceptors (Lipinski definition) is 4. The Kier molecular flexibility index (Phi) is 3.87. The Morgan fingerprint density at radius 2 is 2.15 bits per heavy atom. The summed E-state index contributed by atoms with van der Waals surface area (Å²) >= 11 is 0. The molecule has 1 aliphatic carbocycles. The SMILES string of the molecule is COCC1CCN(CC2(N)C3CCCOC3C2(C)C)C1. The van der Waals surface area contributed by atoms with Gasteiger partial charge in [-0.25, -0.2) is 0 Å². The molecule has 2 N–H and O–H groups in total. The van der Waals surface area contributed by atoms with Crippen LogP contribution in [-0.4, -0.2) is 56.5 Å². The summed E-state index contributed by atoms with van der Waals surface area (Å²) in [5, 5.41) is 0. The molecular weight excluding hydrogens is 252 g/mol. The van der Waals surface area contributed by atoms with Crippen molar-refractivity contribution in [3.8, 4) is 0 Å². The van der Waals surface area contributed by atoms with Crippen LogP contribution in [0.15, 0.2) is 0 Å². The second kappa shape index (κ2) is 5.24. The van der Waals surface area contributed by atoms with Crippen molar-refractivity contribution in [3.05, 3.63) is 0 Å². The normalized spacial score (nSPS) is 44.1. The van der Waals surface area contributed by atoms with Gasteiger partial charge in [0.15, 0.2) is 0 Å². The van der Waals surface area contributed by atoms with Gasteiger partial charge in [-0.15, -0.1) is 0 Å². The molecule has 2 heterocycles. The highest BCUT2D eigenvalue weighted by Gasteiger charge is 2.66. The van der Waals surface area contributed by atoms with E-state index in [0.717, 1.165) is 26.3 Å². The van der Waals surface area contributed by atoms with Gasteiger partial charge in [-0.05, 0) is 31.7 Å². The molecule has 3 fully saturated rings. The van der Waals surface area contributed by atoms with Crippen LogP contribution in [0.4, 0.5) is 0 Å². The molecule has 0 aromatic carbocycles. The van der Waals surface area contributed by atoms with E-state index in [4.69, 9.17) is 15.2 Å². The van der Waals surface area contributed by atoms with Crippen LogP contribution in [0.25, 0.3) is 0 Å². The number of nitrogens with two attached hydrogens (primary N) is 1. The number of hydrogen-bond donors (Lipinski definition) is 1. The fourth-order valence-corrected chi connectivity index (χ4v) is 4.79. The zero-order valence-electron chi connectivity index (χ0n) is 13.2. The molecule has 1 saturated carbocycles. The summed E-state index contributed by atoms with van der Waals surface area (Å²) in [7, 11) is 1.80. The van der Waals surface area contributed by atoms with E-state index < -0.39 is 0 Å². The number of nitrogens with zero attached hydrogens (tertiary/aromatic N) is 1. The molecule has 0 aromatic rings. The van der Waals surface area contributed by atoms with Gasteiger partial charge in [0.25, 0.3) is 0 Å². The number of rotatable bonds is 4. The lowest BCUT2D eigenvalue weighted by molar-refractivity contribution is -0.231. The van der Waals surface area contributed by atoms with Crippen molar-refractivity contribution < 1.29 is 9.47 Å².